The van der Waals surface area contributed by atoms with Gasteiger partial charge in [-0.05, 0) is 52.4 Å². The molecule has 0 aromatic carbocycles. The van der Waals surface area contributed by atoms with Gasteiger partial charge in [0.25, 0.3) is 0 Å². The third kappa shape index (κ3) is 3.50. The molecule has 3 nitrogen and oxygen atoms in total. The molecule has 0 heterocycles. The third-order valence-electron chi connectivity index (χ3n) is 3.33. The van der Waals surface area contributed by atoms with Crippen molar-refractivity contribution in [3.63, 3.8) is 0 Å². The van der Waals surface area contributed by atoms with Crippen molar-refractivity contribution in [3.05, 3.63) is 0 Å². The van der Waals surface area contributed by atoms with Gasteiger partial charge in [-0.2, -0.15) is 0 Å². The van der Waals surface area contributed by atoms with Crippen LogP contribution in [0.4, 0.5) is 4.79 Å². The van der Waals surface area contributed by atoms with Gasteiger partial charge in [0.05, 0.1) is 0 Å². The molecule has 0 bridgehead atoms. The summed E-state index contributed by atoms with van der Waals surface area (Å²) in [7, 11) is 0. The summed E-state index contributed by atoms with van der Waals surface area (Å²) in [6.45, 7) is 5.93. The second kappa shape index (κ2) is 5.56. The number of amides is 1. The highest BCUT2D eigenvalue weighted by atomic mass is 127. The maximum Gasteiger partial charge on any atom is 0.407 e. The second-order valence-corrected chi connectivity index (χ2v) is 6.53. The molecule has 0 atom stereocenters. The van der Waals surface area contributed by atoms with E-state index >= 15 is 0 Å². The van der Waals surface area contributed by atoms with E-state index in [1.165, 1.54) is 17.3 Å². The van der Waals surface area contributed by atoms with Crippen LogP contribution < -0.4 is 0 Å². The lowest BCUT2D eigenvalue weighted by Gasteiger charge is -2.42. The van der Waals surface area contributed by atoms with Crippen molar-refractivity contribution in [2.45, 2.75) is 58.0 Å². The largest absolute Gasteiger partial charge is 0.465 e. The number of hydrogen-bond donors (Lipinski definition) is 1. The smallest absolute Gasteiger partial charge is 0.407 e. The molecule has 0 saturated heterocycles. The highest BCUT2D eigenvalue weighted by Gasteiger charge is 2.35. The lowest BCUT2D eigenvalue weighted by atomic mass is 9.85. The molecule has 1 fully saturated rings. The van der Waals surface area contributed by atoms with Crippen LogP contribution in [0.2, 0.25) is 0 Å². The van der Waals surface area contributed by atoms with Gasteiger partial charge >= 0.3 is 6.09 Å². The first kappa shape index (κ1) is 14.1. The molecule has 1 saturated carbocycles. The molecule has 94 valence electrons. The molecule has 0 radical (unpaired) electrons. The average Bonchev–Trinajstić information content (AvgIpc) is 2.16. The normalized spacial score (nSPS) is 26.5. The van der Waals surface area contributed by atoms with Crippen LogP contribution in [0.3, 0.4) is 0 Å². The summed E-state index contributed by atoms with van der Waals surface area (Å²) in [6.07, 6.45) is 3.63. The molecular formula is C12H22INO2. The van der Waals surface area contributed by atoms with Gasteiger partial charge in [-0.25, -0.2) is 4.79 Å². The SMILES string of the molecule is CC(C)(C)N(C(=O)O)C1CCC(CI)CC1. The minimum absolute atomic E-state index is 0.219. The Bertz CT molecular complexity index is 242. The zero-order valence-electron chi connectivity index (χ0n) is 10.4. The number of nitrogens with zero attached hydrogens (tertiary/aromatic N) is 1. The van der Waals surface area contributed by atoms with Gasteiger partial charge in [0.1, 0.15) is 0 Å². The van der Waals surface area contributed by atoms with E-state index in [4.69, 9.17) is 0 Å². The summed E-state index contributed by atoms with van der Waals surface area (Å²) in [5.41, 5.74) is -0.284. The van der Waals surface area contributed by atoms with Crippen molar-refractivity contribution in [2.24, 2.45) is 5.92 Å². The quantitative estimate of drug-likeness (QED) is 0.615. The molecule has 0 aliphatic heterocycles. The lowest BCUT2D eigenvalue weighted by Crippen LogP contribution is -2.52. The number of alkyl halides is 1. The van der Waals surface area contributed by atoms with Crippen molar-refractivity contribution in [1.29, 1.82) is 0 Å². The van der Waals surface area contributed by atoms with E-state index in [1.807, 2.05) is 20.8 Å². The fourth-order valence-corrected chi connectivity index (χ4v) is 3.43. The van der Waals surface area contributed by atoms with E-state index in [2.05, 4.69) is 22.6 Å². The summed E-state index contributed by atoms with van der Waals surface area (Å²) in [5, 5.41) is 9.31. The molecule has 0 unspecified atom stereocenters. The second-order valence-electron chi connectivity index (χ2n) is 5.65. The maximum atomic E-state index is 11.3. The Hall–Kier alpha value is 0. The number of hydrogen-bond acceptors (Lipinski definition) is 1. The standard InChI is InChI=1S/C12H22INO2/c1-12(2,3)14(11(15)16)10-6-4-9(8-13)5-7-10/h9-10H,4-8H2,1-3H3,(H,15,16). The number of halogens is 1. The van der Waals surface area contributed by atoms with E-state index in [-0.39, 0.29) is 11.6 Å². The van der Waals surface area contributed by atoms with Crippen LogP contribution in [0, 0.1) is 5.92 Å². The van der Waals surface area contributed by atoms with E-state index in [0.717, 1.165) is 18.8 Å². The van der Waals surface area contributed by atoms with Crippen LogP contribution >= 0.6 is 22.6 Å². The van der Waals surface area contributed by atoms with Crippen molar-refractivity contribution in [2.75, 3.05) is 4.43 Å². The molecule has 0 aromatic rings. The molecule has 16 heavy (non-hydrogen) atoms. The number of carboxylic acid groups (broad SMARTS) is 1. The minimum Gasteiger partial charge on any atom is -0.465 e. The van der Waals surface area contributed by atoms with Crippen LogP contribution in [0.1, 0.15) is 46.5 Å². The molecule has 1 rings (SSSR count). The molecule has 1 aliphatic carbocycles. The summed E-state index contributed by atoms with van der Waals surface area (Å²) in [6, 6.07) is 0.219. The highest BCUT2D eigenvalue weighted by molar-refractivity contribution is 14.1. The van der Waals surface area contributed by atoms with Gasteiger partial charge < -0.3 is 10.0 Å². The average molecular weight is 339 g/mol. The Morgan fingerprint density at radius 1 is 1.31 bits per heavy atom. The summed E-state index contributed by atoms with van der Waals surface area (Å²) < 4.78 is 1.20. The minimum atomic E-state index is -0.773. The molecule has 1 amide bonds. The fraction of sp³-hybridized carbons (Fsp3) is 0.917. The van der Waals surface area contributed by atoms with Crippen molar-refractivity contribution < 1.29 is 9.90 Å². The Balaban J connectivity index is 2.65. The number of carbonyl (C=O) groups is 1. The zero-order chi connectivity index (χ0) is 12.3. The van der Waals surface area contributed by atoms with E-state index in [9.17, 15) is 9.90 Å². The molecule has 0 aromatic heterocycles. The maximum absolute atomic E-state index is 11.3. The Labute approximate surface area is 112 Å². The van der Waals surface area contributed by atoms with Gasteiger partial charge in [-0.15, -0.1) is 0 Å². The summed E-state index contributed by atoms with van der Waals surface area (Å²) in [5.74, 6) is 0.799. The third-order valence-corrected chi connectivity index (χ3v) is 4.57. The predicted octanol–water partition coefficient (Wildman–Crippen LogP) is 3.76. The van der Waals surface area contributed by atoms with Crippen LogP contribution in [-0.2, 0) is 0 Å². The predicted molar refractivity (Wildman–Crippen MR) is 74.2 cm³/mol. The van der Waals surface area contributed by atoms with Crippen molar-refractivity contribution >= 4 is 28.7 Å². The van der Waals surface area contributed by atoms with E-state index in [0.29, 0.717) is 0 Å². The summed E-state index contributed by atoms with van der Waals surface area (Å²) in [4.78, 5) is 13.0. The van der Waals surface area contributed by atoms with E-state index < -0.39 is 6.09 Å². The van der Waals surface area contributed by atoms with E-state index in [1.54, 1.807) is 4.90 Å². The fourth-order valence-electron chi connectivity index (χ4n) is 2.55. The van der Waals surface area contributed by atoms with Crippen molar-refractivity contribution in [1.82, 2.24) is 4.90 Å². The Morgan fingerprint density at radius 2 is 1.81 bits per heavy atom. The summed E-state index contributed by atoms with van der Waals surface area (Å²) >= 11 is 2.43. The Kier molecular flexibility index (Phi) is 4.88. The van der Waals surface area contributed by atoms with Gasteiger partial charge in [-0.1, -0.05) is 22.6 Å². The first-order valence-corrected chi connectivity index (χ1v) is 7.47. The van der Waals surface area contributed by atoms with Crippen LogP contribution in [0.15, 0.2) is 0 Å². The molecular weight excluding hydrogens is 317 g/mol. The van der Waals surface area contributed by atoms with Crippen LogP contribution in [0.5, 0.6) is 0 Å². The highest BCUT2D eigenvalue weighted by Crippen LogP contribution is 2.32. The van der Waals surface area contributed by atoms with Crippen LogP contribution in [-0.4, -0.2) is 32.1 Å². The lowest BCUT2D eigenvalue weighted by molar-refractivity contribution is 0.0520. The van der Waals surface area contributed by atoms with Gasteiger partial charge in [0.15, 0.2) is 0 Å². The first-order valence-electron chi connectivity index (χ1n) is 5.94. The molecule has 1 aliphatic rings. The molecule has 4 heteroatoms. The van der Waals surface area contributed by atoms with Crippen LogP contribution in [0.25, 0.3) is 0 Å². The molecule has 0 spiro atoms. The number of rotatable bonds is 2. The van der Waals surface area contributed by atoms with Gasteiger partial charge in [0, 0.05) is 16.0 Å². The Morgan fingerprint density at radius 3 is 2.12 bits per heavy atom. The van der Waals surface area contributed by atoms with Gasteiger partial charge in [-0.3, -0.25) is 0 Å². The molecule has 1 N–H and O–H groups in total. The van der Waals surface area contributed by atoms with Gasteiger partial charge in [0.2, 0.25) is 0 Å². The topological polar surface area (TPSA) is 40.5 Å². The monoisotopic (exact) mass is 339 g/mol. The zero-order valence-corrected chi connectivity index (χ0v) is 12.5. The first-order chi connectivity index (χ1) is 7.36. The van der Waals surface area contributed by atoms with Crippen molar-refractivity contribution in [3.8, 4) is 0 Å².